The van der Waals surface area contributed by atoms with Gasteiger partial charge in [0.2, 0.25) is 0 Å². The van der Waals surface area contributed by atoms with Crippen molar-refractivity contribution < 1.29 is 9.90 Å². The maximum Gasteiger partial charge on any atom is 0.303 e. The van der Waals surface area contributed by atoms with E-state index in [1.165, 1.54) is 0 Å². The summed E-state index contributed by atoms with van der Waals surface area (Å²) in [5, 5.41) is 14.2. The highest BCUT2D eigenvalue weighted by molar-refractivity contribution is 5.93. The van der Waals surface area contributed by atoms with Gasteiger partial charge in [0, 0.05) is 41.3 Å². The van der Waals surface area contributed by atoms with Crippen molar-refractivity contribution in [1.82, 2.24) is 4.98 Å². The molecule has 18 heavy (non-hydrogen) atoms. The number of carboxylic acid groups (broad SMARTS) is 1. The second-order valence-corrected chi connectivity index (χ2v) is 4.38. The molecule has 0 saturated heterocycles. The van der Waals surface area contributed by atoms with Crippen molar-refractivity contribution in [2.24, 2.45) is 0 Å². The van der Waals surface area contributed by atoms with E-state index in [4.69, 9.17) is 5.11 Å². The molecule has 94 valence electrons. The van der Waals surface area contributed by atoms with Crippen LogP contribution in [0.4, 0.5) is 5.69 Å². The SMILES string of the molecule is CC(CCC(=O)O)Nc1cccc2cnccc12. The summed E-state index contributed by atoms with van der Waals surface area (Å²) in [5.41, 5.74) is 1.02. The van der Waals surface area contributed by atoms with Crippen LogP contribution < -0.4 is 5.32 Å². The van der Waals surface area contributed by atoms with Crippen molar-refractivity contribution >= 4 is 22.4 Å². The molecule has 0 bridgehead atoms. The molecule has 2 rings (SSSR count). The van der Waals surface area contributed by atoms with E-state index in [2.05, 4.69) is 10.3 Å². The van der Waals surface area contributed by atoms with E-state index >= 15 is 0 Å². The zero-order valence-corrected chi connectivity index (χ0v) is 10.3. The first-order valence-corrected chi connectivity index (χ1v) is 5.98. The Hall–Kier alpha value is -2.10. The highest BCUT2D eigenvalue weighted by atomic mass is 16.4. The highest BCUT2D eigenvalue weighted by Gasteiger charge is 2.07. The molecule has 1 atom stereocenters. The lowest BCUT2D eigenvalue weighted by Gasteiger charge is -2.16. The van der Waals surface area contributed by atoms with Crippen LogP contribution in [0, 0.1) is 0 Å². The summed E-state index contributed by atoms with van der Waals surface area (Å²) < 4.78 is 0. The summed E-state index contributed by atoms with van der Waals surface area (Å²) >= 11 is 0. The van der Waals surface area contributed by atoms with Crippen LogP contribution in [0.25, 0.3) is 10.8 Å². The molecule has 4 nitrogen and oxygen atoms in total. The standard InChI is InChI=1S/C14H16N2O2/c1-10(5-6-14(17)18)16-13-4-2-3-11-9-15-8-7-12(11)13/h2-4,7-10,16H,5-6H2,1H3,(H,17,18). The van der Waals surface area contributed by atoms with Gasteiger partial charge in [-0.15, -0.1) is 0 Å². The van der Waals surface area contributed by atoms with Crippen LogP contribution in [0.1, 0.15) is 19.8 Å². The van der Waals surface area contributed by atoms with Gasteiger partial charge in [0.15, 0.2) is 0 Å². The third-order valence-corrected chi connectivity index (χ3v) is 2.87. The Morgan fingerprint density at radius 2 is 2.28 bits per heavy atom. The van der Waals surface area contributed by atoms with Gasteiger partial charge in [0.1, 0.15) is 0 Å². The average Bonchev–Trinajstić information content (AvgIpc) is 2.37. The van der Waals surface area contributed by atoms with Crippen LogP contribution in [0.3, 0.4) is 0 Å². The number of aromatic nitrogens is 1. The van der Waals surface area contributed by atoms with Crippen LogP contribution in [0.2, 0.25) is 0 Å². The van der Waals surface area contributed by atoms with Crippen molar-refractivity contribution in [2.75, 3.05) is 5.32 Å². The average molecular weight is 244 g/mol. The Bertz CT molecular complexity index is 549. The fourth-order valence-corrected chi connectivity index (χ4v) is 1.93. The molecule has 0 aliphatic carbocycles. The van der Waals surface area contributed by atoms with E-state index in [9.17, 15) is 4.79 Å². The molecule has 0 aliphatic rings. The predicted octanol–water partition coefficient (Wildman–Crippen LogP) is 2.90. The smallest absolute Gasteiger partial charge is 0.303 e. The number of rotatable bonds is 5. The highest BCUT2D eigenvalue weighted by Crippen LogP contribution is 2.23. The van der Waals surface area contributed by atoms with E-state index < -0.39 is 5.97 Å². The first kappa shape index (κ1) is 12.4. The summed E-state index contributed by atoms with van der Waals surface area (Å²) in [7, 11) is 0. The van der Waals surface area contributed by atoms with Crippen molar-refractivity contribution in [3.63, 3.8) is 0 Å². The van der Waals surface area contributed by atoms with E-state index in [1.54, 1.807) is 6.20 Å². The van der Waals surface area contributed by atoms with Crippen molar-refractivity contribution in [2.45, 2.75) is 25.8 Å². The molecule has 2 N–H and O–H groups in total. The minimum Gasteiger partial charge on any atom is -0.481 e. The predicted molar refractivity (Wildman–Crippen MR) is 71.7 cm³/mol. The lowest BCUT2D eigenvalue weighted by atomic mass is 10.1. The fraction of sp³-hybridized carbons (Fsp3) is 0.286. The van der Waals surface area contributed by atoms with Gasteiger partial charge in [0.25, 0.3) is 0 Å². The molecule has 1 heterocycles. The van der Waals surface area contributed by atoms with Crippen LogP contribution in [0.15, 0.2) is 36.7 Å². The zero-order chi connectivity index (χ0) is 13.0. The monoisotopic (exact) mass is 244 g/mol. The van der Waals surface area contributed by atoms with E-state index in [0.29, 0.717) is 6.42 Å². The Balaban J connectivity index is 2.14. The minimum atomic E-state index is -0.759. The summed E-state index contributed by atoms with van der Waals surface area (Å²) in [6.07, 6.45) is 4.37. The van der Waals surface area contributed by atoms with Crippen molar-refractivity contribution in [1.29, 1.82) is 0 Å². The number of nitrogens with one attached hydrogen (secondary N) is 1. The molecule has 0 fully saturated rings. The Labute approximate surface area is 106 Å². The molecule has 2 aromatic rings. The quantitative estimate of drug-likeness (QED) is 0.849. The van der Waals surface area contributed by atoms with Gasteiger partial charge in [-0.1, -0.05) is 12.1 Å². The second-order valence-electron chi connectivity index (χ2n) is 4.38. The molecule has 0 radical (unpaired) electrons. The molecular formula is C14H16N2O2. The molecule has 1 unspecified atom stereocenters. The maximum atomic E-state index is 10.5. The van der Waals surface area contributed by atoms with Crippen LogP contribution in [-0.4, -0.2) is 22.1 Å². The van der Waals surface area contributed by atoms with Crippen LogP contribution in [-0.2, 0) is 4.79 Å². The number of anilines is 1. The van der Waals surface area contributed by atoms with Crippen molar-refractivity contribution in [3.05, 3.63) is 36.7 Å². The van der Waals surface area contributed by atoms with Gasteiger partial charge in [-0.2, -0.15) is 0 Å². The number of hydrogen-bond acceptors (Lipinski definition) is 3. The molecule has 0 saturated carbocycles. The number of hydrogen-bond donors (Lipinski definition) is 2. The largest absolute Gasteiger partial charge is 0.481 e. The van der Waals surface area contributed by atoms with E-state index in [1.807, 2.05) is 37.4 Å². The van der Waals surface area contributed by atoms with Crippen molar-refractivity contribution in [3.8, 4) is 0 Å². The second kappa shape index (κ2) is 5.49. The molecule has 1 aromatic carbocycles. The number of pyridine rings is 1. The number of aliphatic carboxylic acids is 1. The van der Waals surface area contributed by atoms with Crippen LogP contribution >= 0.6 is 0 Å². The first-order valence-electron chi connectivity index (χ1n) is 5.98. The Morgan fingerprint density at radius 3 is 3.06 bits per heavy atom. The van der Waals surface area contributed by atoms with Gasteiger partial charge in [-0.25, -0.2) is 0 Å². The summed E-state index contributed by atoms with van der Waals surface area (Å²) in [6, 6.07) is 8.06. The number of carboxylic acids is 1. The number of fused-ring (bicyclic) bond motifs is 1. The van der Waals surface area contributed by atoms with Gasteiger partial charge < -0.3 is 10.4 Å². The lowest BCUT2D eigenvalue weighted by Crippen LogP contribution is -2.16. The normalized spacial score (nSPS) is 12.3. The fourth-order valence-electron chi connectivity index (χ4n) is 1.93. The Morgan fingerprint density at radius 1 is 1.44 bits per heavy atom. The molecule has 0 spiro atoms. The number of nitrogens with zero attached hydrogens (tertiary/aromatic N) is 1. The topological polar surface area (TPSA) is 62.2 Å². The number of benzene rings is 1. The maximum absolute atomic E-state index is 10.5. The van der Waals surface area contributed by atoms with E-state index in [-0.39, 0.29) is 12.5 Å². The minimum absolute atomic E-state index is 0.125. The third kappa shape index (κ3) is 2.97. The van der Waals surface area contributed by atoms with Gasteiger partial charge in [-0.05, 0) is 25.5 Å². The van der Waals surface area contributed by atoms with Gasteiger partial charge in [-0.3, -0.25) is 9.78 Å². The molecule has 1 aromatic heterocycles. The molecular weight excluding hydrogens is 228 g/mol. The zero-order valence-electron chi connectivity index (χ0n) is 10.3. The summed E-state index contributed by atoms with van der Waals surface area (Å²) in [6.45, 7) is 1.99. The summed E-state index contributed by atoms with van der Waals surface area (Å²) in [4.78, 5) is 14.6. The van der Waals surface area contributed by atoms with E-state index in [0.717, 1.165) is 16.5 Å². The summed E-state index contributed by atoms with van der Waals surface area (Å²) in [5.74, 6) is -0.759. The molecule has 0 aliphatic heterocycles. The lowest BCUT2D eigenvalue weighted by molar-refractivity contribution is -0.137. The Kier molecular flexibility index (Phi) is 3.77. The molecule has 0 amide bonds. The molecule has 4 heteroatoms. The van der Waals surface area contributed by atoms with Crippen LogP contribution in [0.5, 0.6) is 0 Å². The van der Waals surface area contributed by atoms with Gasteiger partial charge in [0.05, 0.1) is 0 Å². The van der Waals surface area contributed by atoms with Gasteiger partial charge >= 0.3 is 5.97 Å². The third-order valence-electron chi connectivity index (χ3n) is 2.87. The number of carbonyl (C=O) groups is 1. The first-order chi connectivity index (χ1) is 8.66.